The summed E-state index contributed by atoms with van der Waals surface area (Å²) in [6.07, 6.45) is 5.14. The van der Waals surface area contributed by atoms with E-state index in [-0.39, 0.29) is 0 Å². The quantitative estimate of drug-likeness (QED) is 0.393. The Balaban J connectivity index is 4.23. The zero-order chi connectivity index (χ0) is 10.5. The number of hydrazine groups is 1. The van der Waals surface area contributed by atoms with E-state index >= 15 is 0 Å². The van der Waals surface area contributed by atoms with E-state index in [2.05, 4.69) is 12.0 Å². The molecule has 0 spiro atoms. The van der Waals surface area contributed by atoms with Gasteiger partial charge in [-0.3, -0.25) is 10.0 Å². The zero-order valence-corrected chi connectivity index (χ0v) is 8.24. The molecule has 0 aromatic rings. The van der Waals surface area contributed by atoms with Crippen molar-refractivity contribution in [3.8, 4) is 0 Å². The van der Waals surface area contributed by atoms with Gasteiger partial charge in [0.15, 0.2) is 0 Å². The van der Waals surface area contributed by atoms with Crippen LogP contribution in [0.25, 0.3) is 0 Å². The van der Waals surface area contributed by atoms with E-state index < -0.39 is 11.4 Å². The van der Waals surface area contributed by atoms with E-state index in [9.17, 15) is 4.79 Å². The predicted octanol–water partition coefficient (Wildman–Crippen LogP) is 1.25. The fourth-order valence-electron chi connectivity index (χ4n) is 0.698. The van der Waals surface area contributed by atoms with Gasteiger partial charge in [0.25, 0.3) is 5.91 Å². The third-order valence-electron chi connectivity index (χ3n) is 1.34. The van der Waals surface area contributed by atoms with Gasteiger partial charge in [-0.2, -0.15) is 10.6 Å². The first-order chi connectivity index (χ1) is 5.89. The van der Waals surface area contributed by atoms with Crippen molar-refractivity contribution in [2.75, 3.05) is 0 Å². The highest BCUT2D eigenvalue weighted by Gasteiger charge is 2.17. The maximum Gasteiger partial charge on any atom is 0.258 e. The molecule has 0 bridgehead atoms. The molecule has 0 aliphatic rings. The van der Waals surface area contributed by atoms with Crippen LogP contribution < -0.4 is 5.43 Å². The highest BCUT2D eigenvalue weighted by Crippen LogP contribution is 2.04. The lowest BCUT2D eigenvalue weighted by Crippen LogP contribution is -2.50. The lowest BCUT2D eigenvalue weighted by molar-refractivity contribution is -0.182. The van der Waals surface area contributed by atoms with Crippen LogP contribution in [0.4, 0.5) is 0 Å². The second-order valence-corrected chi connectivity index (χ2v) is 3.26. The van der Waals surface area contributed by atoms with Gasteiger partial charge in [-0.05, 0) is 13.8 Å². The maximum absolute atomic E-state index is 10.7. The van der Waals surface area contributed by atoms with Crippen LogP contribution in [0.1, 0.15) is 20.8 Å². The Morgan fingerprint density at radius 3 is 2.54 bits per heavy atom. The van der Waals surface area contributed by atoms with Crippen molar-refractivity contribution in [2.24, 2.45) is 0 Å². The average Bonchev–Trinajstić information content (AvgIpc) is 2.00. The average molecular weight is 184 g/mol. The van der Waals surface area contributed by atoms with Crippen LogP contribution in [0.5, 0.6) is 0 Å². The third kappa shape index (κ3) is 5.16. The number of hydroxylamine groups is 1. The highest BCUT2D eigenvalue weighted by molar-refractivity contribution is 5.71. The number of nitrogens with one attached hydrogen (secondary N) is 1. The fourth-order valence-corrected chi connectivity index (χ4v) is 0.698. The summed E-state index contributed by atoms with van der Waals surface area (Å²) in [5, 5.41) is 9.54. The van der Waals surface area contributed by atoms with Crippen molar-refractivity contribution >= 4 is 5.91 Å². The fraction of sp³-hybridized carbons (Fsp3) is 0.444. The number of amides is 1. The summed E-state index contributed by atoms with van der Waals surface area (Å²) >= 11 is 0. The Morgan fingerprint density at radius 1 is 1.62 bits per heavy atom. The lowest BCUT2D eigenvalue weighted by atomic mass is 10.1. The molecule has 0 saturated carbocycles. The molecule has 0 radical (unpaired) electrons. The van der Waals surface area contributed by atoms with Crippen molar-refractivity contribution in [1.29, 1.82) is 0 Å². The van der Waals surface area contributed by atoms with Gasteiger partial charge in [-0.25, -0.2) is 0 Å². The van der Waals surface area contributed by atoms with Gasteiger partial charge in [-0.1, -0.05) is 24.8 Å². The summed E-state index contributed by atoms with van der Waals surface area (Å²) < 4.78 is 0. The molecule has 0 unspecified atom stereocenters. The zero-order valence-electron chi connectivity index (χ0n) is 8.24. The van der Waals surface area contributed by atoms with Crippen LogP contribution in [0.3, 0.4) is 0 Å². The van der Waals surface area contributed by atoms with E-state index in [4.69, 9.17) is 5.21 Å². The molecule has 0 saturated heterocycles. The molecule has 74 valence electrons. The summed E-state index contributed by atoms with van der Waals surface area (Å²) in [5.41, 5.74) is 2.10. The molecule has 0 fully saturated rings. The lowest BCUT2D eigenvalue weighted by Gasteiger charge is -2.26. The molecule has 0 heterocycles. The van der Waals surface area contributed by atoms with Gasteiger partial charge in [0, 0.05) is 6.92 Å². The van der Waals surface area contributed by atoms with Gasteiger partial charge in [-0.15, -0.1) is 0 Å². The van der Waals surface area contributed by atoms with Crippen molar-refractivity contribution in [3.63, 3.8) is 0 Å². The predicted molar refractivity (Wildman–Crippen MR) is 50.9 cm³/mol. The first-order valence-electron chi connectivity index (χ1n) is 3.96. The van der Waals surface area contributed by atoms with Crippen LogP contribution in [0.2, 0.25) is 0 Å². The van der Waals surface area contributed by atoms with Gasteiger partial charge in [0.2, 0.25) is 0 Å². The topological polar surface area (TPSA) is 52.6 Å². The Morgan fingerprint density at radius 2 is 2.15 bits per heavy atom. The number of hydrogen-bond donors (Lipinski definition) is 2. The number of allylic oxidation sites excluding steroid dienone is 2. The van der Waals surface area contributed by atoms with Gasteiger partial charge >= 0.3 is 0 Å². The first kappa shape index (κ1) is 11.9. The van der Waals surface area contributed by atoms with Crippen LogP contribution in [0, 0.1) is 0 Å². The molecular weight excluding hydrogens is 168 g/mol. The second kappa shape index (κ2) is 4.79. The monoisotopic (exact) mass is 184 g/mol. The van der Waals surface area contributed by atoms with E-state index in [1.165, 1.54) is 6.92 Å². The van der Waals surface area contributed by atoms with Crippen LogP contribution in [-0.4, -0.2) is 21.8 Å². The van der Waals surface area contributed by atoms with Crippen molar-refractivity contribution in [1.82, 2.24) is 10.6 Å². The Hall–Kier alpha value is -1.13. The van der Waals surface area contributed by atoms with E-state index in [0.29, 0.717) is 5.17 Å². The number of rotatable bonds is 4. The molecule has 0 aromatic heterocycles. The Kier molecular flexibility index (Phi) is 4.37. The molecule has 0 rings (SSSR count). The molecule has 0 atom stereocenters. The van der Waals surface area contributed by atoms with Crippen molar-refractivity contribution < 1.29 is 10.0 Å². The normalized spacial score (nSPS) is 11.7. The molecule has 1 amide bonds. The largest absolute Gasteiger partial charge is 0.271 e. The van der Waals surface area contributed by atoms with E-state index in [0.717, 1.165) is 0 Å². The van der Waals surface area contributed by atoms with E-state index in [1.807, 2.05) is 13.8 Å². The smallest absolute Gasteiger partial charge is 0.258 e. The molecule has 4 nitrogen and oxygen atoms in total. The van der Waals surface area contributed by atoms with Crippen LogP contribution in [0.15, 0.2) is 24.8 Å². The van der Waals surface area contributed by atoms with Crippen molar-refractivity contribution in [3.05, 3.63) is 24.8 Å². The van der Waals surface area contributed by atoms with Crippen LogP contribution in [-0.2, 0) is 4.79 Å². The van der Waals surface area contributed by atoms with Gasteiger partial charge in [0.05, 0.1) is 5.54 Å². The molecule has 4 heteroatoms. The van der Waals surface area contributed by atoms with Gasteiger partial charge in [0.1, 0.15) is 0 Å². The molecule has 2 N–H and O–H groups in total. The molecule has 0 aliphatic carbocycles. The maximum atomic E-state index is 10.7. The van der Waals surface area contributed by atoms with Crippen LogP contribution >= 0.6 is 0 Å². The Labute approximate surface area is 78.5 Å². The molecule has 0 aliphatic heterocycles. The summed E-state index contributed by atoms with van der Waals surface area (Å²) in [7, 11) is 0. The van der Waals surface area contributed by atoms with Gasteiger partial charge < -0.3 is 0 Å². The number of hydrogen-bond acceptors (Lipinski definition) is 3. The number of carbonyl (C=O) groups is 1. The summed E-state index contributed by atoms with van der Waals surface area (Å²) in [4.78, 5) is 10.7. The SMILES string of the molecule is C=C/C=C\C(C)(C)NN(O)C(C)=O. The summed E-state index contributed by atoms with van der Waals surface area (Å²) in [6, 6.07) is 0. The van der Waals surface area contributed by atoms with E-state index in [1.54, 1.807) is 18.2 Å². The molecule has 0 aromatic carbocycles. The second-order valence-electron chi connectivity index (χ2n) is 3.26. The summed E-state index contributed by atoms with van der Waals surface area (Å²) in [6.45, 7) is 8.42. The first-order valence-corrected chi connectivity index (χ1v) is 3.96. The minimum atomic E-state index is -0.491. The Bertz CT molecular complexity index is 222. The standard InChI is InChI=1S/C9H16N2O2/c1-5-6-7-9(3,4)10-11(13)8(2)12/h5-7,10,13H,1H2,2-4H3/b7-6-. The third-order valence-corrected chi connectivity index (χ3v) is 1.34. The number of nitrogens with zero attached hydrogens (tertiary/aromatic N) is 1. The molecular formula is C9H16N2O2. The minimum Gasteiger partial charge on any atom is -0.271 e. The summed E-state index contributed by atoms with van der Waals surface area (Å²) in [5.74, 6) is -0.458. The number of carbonyl (C=O) groups excluding carboxylic acids is 1. The van der Waals surface area contributed by atoms with Crippen molar-refractivity contribution in [2.45, 2.75) is 26.3 Å². The highest BCUT2D eigenvalue weighted by atomic mass is 16.6. The molecule has 13 heavy (non-hydrogen) atoms. The minimum absolute atomic E-state index is 0.458.